The van der Waals surface area contributed by atoms with Crippen molar-refractivity contribution in [2.24, 2.45) is 0 Å². The molecule has 1 amide bonds. The summed E-state index contributed by atoms with van der Waals surface area (Å²) in [5.74, 6) is 0.243. The summed E-state index contributed by atoms with van der Waals surface area (Å²) in [7, 11) is 0. The summed E-state index contributed by atoms with van der Waals surface area (Å²) in [5, 5.41) is 15.9. The maximum Gasteiger partial charge on any atom is 0.234 e. The van der Waals surface area contributed by atoms with Crippen molar-refractivity contribution >= 4 is 34.1 Å². The molecule has 20 heavy (non-hydrogen) atoms. The number of nitrogens with one attached hydrogen (secondary N) is 2. The number of fused-ring (bicyclic) bond motifs is 1. The van der Waals surface area contributed by atoms with Crippen LogP contribution in [0.15, 0.2) is 53.7 Å². The molecule has 0 unspecified atom stereocenters. The van der Waals surface area contributed by atoms with Gasteiger partial charge in [-0.2, -0.15) is 10.3 Å². The zero-order chi connectivity index (χ0) is 13.8. The Hall–Kier alpha value is -2.34. The Morgan fingerprint density at radius 3 is 2.85 bits per heavy atom. The van der Waals surface area contributed by atoms with E-state index in [-0.39, 0.29) is 5.91 Å². The second kappa shape index (κ2) is 5.75. The van der Waals surface area contributed by atoms with Gasteiger partial charge in [-0.05, 0) is 22.9 Å². The molecule has 0 aliphatic heterocycles. The van der Waals surface area contributed by atoms with Gasteiger partial charge >= 0.3 is 0 Å². The van der Waals surface area contributed by atoms with Crippen molar-refractivity contribution in [2.45, 2.75) is 5.03 Å². The molecule has 0 spiro atoms. The topological polar surface area (TPSA) is 70.7 Å². The van der Waals surface area contributed by atoms with Gasteiger partial charge in [0, 0.05) is 5.69 Å². The standard InChI is InChI=1S/C14H12N4OS/c19-13(9-20-14-8-15-18-17-14)16-12-6-5-10-3-1-2-4-11(10)7-12/h1-8H,9H2,(H,16,19)(H,15,17,18). The third kappa shape index (κ3) is 2.97. The molecular formula is C14H12N4OS. The van der Waals surface area contributed by atoms with Crippen LogP contribution in [0.2, 0.25) is 0 Å². The molecule has 100 valence electrons. The first kappa shape index (κ1) is 12.7. The number of amides is 1. The highest BCUT2D eigenvalue weighted by Gasteiger charge is 2.05. The lowest BCUT2D eigenvalue weighted by Crippen LogP contribution is -2.13. The molecule has 3 aromatic rings. The number of H-pyrrole nitrogens is 1. The van der Waals surface area contributed by atoms with E-state index in [0.29, 0.717) is 10.8 Å². The van der Waals surface area contributed by atoms with E-state index >= 15 is 0 Å². The number of aromatic nitrogens is 3. The zero-order valence-electron chi connectivity index (χ0n) is 10.5. The molecule has 5 nitrogen and oxygen atoms in total. The van der Waals surface area contributed by atoms with Crippen molar-refractivity contribution in [3.05, 3.63) is 48.7 Å². The van der Waals surface area contributed by atoms with Crippen LogP contribution < -0.4 is 5.32 Å². The molecule has 2 N–H and O–H groups in total. The van der Waals surface area contributed by atoms with Crippen molar-refractivity contribution in [1.29, 1.82) is 0 Å². The largest absolute Gasteiger partial charge is 0.325 e. The Labute approximate surface area is 119 Å². The van der Waals surface area contributed by atoms with Gasteiger partial charge in [0.25, 0.3) is 0 Å². The van der Waals surface area contributed by atoms with Crippen LogP contribution in [0.5, 0.6) is 0 Å². The molecule has 1 aromatic heterocycles. The lowest BCUT2D eigenvalue weighted by Gasteiger charge is -2.05. The molecule has 6 heteroatoms. The molecule has 0 aliphatic rings. The van der Waals surface area contributed by atoms with E-state index in [1.807, 2.05) is 42.5 Å². The molecule has 1 heterocycles. The SMILES string of the molecule is O=C(CSc1cn[nH]n1)Nc1ccc2ccccc2c1. The summed E-state index contributed by atoms with van der Waals surface area (Å²) in [6, 6.07) is 13.9. The van der Waals surface area contributed by atoms with Gasteiger partial charge in [0.05, 0.1) is 11.9 Å². The minimum atomic E-state index is -0.0618. The van der Waals surface area contributed by atoms with E-state index in [4.69, 9.17) is 0 Å². The Morgan fingerprint density at radius 1 is 1.20 bits per heavy atom. The second-order valence-electron chi connectivity index (χ2n) is 4.21. The fourth-order valence-corrected chi connectivity index (χ4v) is 2.45. The summed E-state index contributed by atoms with van der Waals surface area (Å²) >= 11 is 1.34. The lowest BCUT2D eigenvalue weighted by atomic mass is 10.1. The quantitative estimate of drug-likeness (QED) is 0.723. The van der Waals surface area contributed by atoms with Crippen LogP contribution in [-0.2, 0) is 4.79 Å². The van der Waals surface area contributed by atoms with E-state index in [1.165, 1.54) is 11.8 Å². The van der Waals surface area contributed by atoms with E-state index in [1.54, 1.807) is 6.20 Å². The van der Waals surface area contributed by atoms with Crippen LogP contribution in [0.25, 0.3) is 10.8 Å². The van der Waals surface area contributed by atoms with E-state index < -0.39 is 0 Å². The summed E-state index contributed by atoms with van der Waals surface area (Å²) in [5.41, 5.74) is 0.800. The van der Waals surface area contributed by atoms with Gasteiger partial charge in [-0.25, -0.2) is 0 Å². The number of hydrogen-bond donors (Lipinski definition) is 2. The Bertz CT molecular complexity index is 727. The molecular weight excluding hydrogens is 272 g/mol. The number of carbonyl (C=O) groups is 1. The molecule has 0 atom stereocenters. The minimum absolute atomic E-state index is 0.0618. The Kier molecular flexibility index (Phi) is 3.64. The molecule has 0 bridgehead atoms. The average molecular weight is 284 g/mol. The van der Waals surface area contributed by atoms with Gasteiger partial charge in [0.1, 0.15) is 5.03 Å². The van der Waals surface area contributed by atoms with Crippen LogP contribution in [0.3, 0.4) is 0 Å². The van der Waals surface area contributed by atoms with Crippen LogP contribution in [-0.4, -0.2) is 27.1 Å². The molecule has 0 fully saturated rings. The predicted octanol–water partition coefficient (Wildman–Crippen LogP) is 2.69. The lowest BCUT2D eigenvalue weighted by molar-refractivity contribution is -0.113. The first-order valence-electron chi connectivity index (χ1n) is 6.08. The number of anilines is 1. The number of carbonyl (C=O) groups excluding carboxylic acids is 1. The summed E-state index contributed by atoms with van der Waals surface area (Å²) in [4.78, 5) is 11.9. The predicted molar refractivity (Wildman–Crippen MR) is 79.7 cm³/mol. The molecule has 0 aliphatic carbocycles. The number of nitrogens with zero attached hydrogens (tertiary/aromatic N) is 2. The van der Waals surface area contributed by atoms with Crippen LogP contribution in [0.4, 0.5) is 5.69 Å². The summed E-state index contributed by atoms with van der Waals surface area (Å²) in [6.45, 7) is 0. The van der Waals surface area contributed by atoms with Crippen molar-refractivity contribution in [1.82, 2.24) is 15.4 Å². The van der Waals surface area contributed by atoms with Gasteiger partial charge in [-0.1, -0.05) is 42.1 Å². The minimum Gasteiger partial charge on any atom is -0.325 e. The Morgan fingerprint density at radius 2 is 2.05 bits per heavy atom. The normalized spacial score (nSPS) is 10.6. The van der Waals surface area contributed by atoms with Gasteiger partial charge in [0.15, 0.2) is 0 Å². The Balaban J connectivity index is 1.65. The van der Waals surface area contributed by atoms with Gasteiger partial charge in [-0.15, -0.1) is 5.10 Å². The second-order valence-corrected chi connectivity index (χ2v) is 5.20. The number of hydrogen-bond acceptors (Lipinski definition) is 4. The van der Waals surface area contributed by atoms with Crippen molar-refractivity contribution in [3.63, 3.8) is 0 Å². The maximum absolute atomic E-state index is 11.9. The van der Waals surface area contributed by atoms with Crippen molar-refractivity contribution in [2.75, 3.05) is 11.1 Å². The highest BCUT2D eigenvalue weighted by Crippen LogP contribution is 2.19. The van der Waals surface area contributed by atoms with Gasteiger partial charge < -0.3 is 5.32 Å². The van der Waals surface area contributed by atoms with Crippen molar-refractivity contribution in [3.8, 4) is 0 Å². The van der Waals surface area contributed by atoms with Crippen LogP contribution in [0, 0.1) is 0 Å². The monoisotopic (exact) mass is 284 g/mol. The smallest absolute Gasteiger partial charge is 0.234 e. The fourth-order valence-electron chi connectivity index (χ4n) is 1.86. The van der Waals surface area contributed by atoms with E-state index in [0.717, 1.165) is 16.5 Å². The number of thioether (sulfide) groups is 1. The third-order valence-electron chi connectivity index (χ3n) is 2.78. The number of rotatable bonds is 4. The highest BCUT2D eigenvalue weighted by atomic mass is 32.2. The number of aromatic amines is 1. The molecule has 0 radical (unpaired) electrons. The molecule has 2 aromatic carbocycles. The van der Waals surface area contributed by atoms with Gasteiger partial charge in [-0.3, -0.25) is 4.79 Å². The first-order chi connectivity index (χ1) is 9.81. The molecule has 0 saturated heterocycles. The highest BCUT2D eigenvalue weighted by molar-refractivity contribution is 7.99. The van der Waals surface area contributed by atoms with Crippen molar-refractivity contribution < 1.29 is 4.79 Å². The van der Waals surface area contributed by atoms with E-state index in [9.17, 15) is 4.79 Å². The molecule has 0 saturated carbocycles. The zero-order valence-corrected chi connectivity index (χ0v) is 11.4. The maximum atomic E-state index is 11.9. The summed E-state index contributed by atoms with van der Waals surface area (Å²) < 4.78 is 0. The molecule has 3 rings (SSSR count). The number of benzene rings is 2. The van der Waals surface area contributed by atoms with Gasteiger partial charge in [0.2, 0.25) is 5.91 Å². The fraction of sp³-hybridized carbons (Fsp3) is 0.0714. The average Bonchev–Trinajstić information content (AvgIpc) is 2.98. The van der Waals surface area contributed by atoms with Crippen LogP contribution >= 0.6 is 11.8 Å². The first-order valence-corrected chi connectivity index (χ1v) is 7.07. The summed E-state index contributed by atoms with van der Waals surface area (Å²) in [6.07, 6.45) is 1.59. The van der Waals surface area contributed by atoms with E-state index in [2.05, 4.69) is 20.7 Å². The van der Waals surface area contributed by atoms with Crippen LogP contribution in [0.1, 0.15) is 0 Å². The third-order valence-corrected chi connectivity index (χ3v) is 3.68.